The fraction of sp³-hybridized carbons (Fsp3) is 0.333. The molecule has 2 aromatic rings. The second-order valence-corrected chi connectivity index (χ2v) is 5.16. The molecule has 0 amide bonds. The molecule has 0 aliphatic carbocycles. The van der Waals surface area contributed by atoms with Gasteiger partial charge in [0, 0.05) is 10.7 Å². The fourth-order valence-corrected chi connectivity index (χ4v) is 2.90. The lowest BCUT2D eigenvalue weighted by Crippen LogP contribution is -2.28. The predicted octanol–water partition coefficient (Wildman–Crippen LogP) is 4.30. The zero-order valence-electron chi connectivity index (χ0n) is 10.5. The van der Waals surface area contributed by atoms with Crippen molar-refractivity contribution >= 4 is 27.0 Å². The quantitative estimate of drug-likeness (QED) is 0.828. The molecule has 17 heavy (non-hydrogen) atoms. The highest BCUT2D eigenvalue weighted by Crippen LogP contribution is 2.26. The van der Waals surface area contributed by atoms with Crippen LogP contribution in [0.15, 0.2) is 36.2 Å². The van der Waals surface area contributed by atoms with Crippen LogP contribution in [0.5, 0.6) is 0 Å². The number of benzene rings is 1. The Bertz CT molecular complexity index is 512. The summed E-state index contributed by atoms with van der Waals surface area (Å²) in [6.45, 7) is 9.56. The van der Waals surface area contributed by atoms with Gasteiger partial charge in [-0.2, -0.15) is 0 Å². The molecule has 0 spiro atoms. The van der Waals surface area contributed by atoms with Crippen molar-refractivity contribution in [2.75, 3.05) is 6.54 Å². The maximum absolute atomic E-state index is 4.25. The predicted molar refractivity (Wildman–Crippen MR) is 78.6 cm³/mol. The van der Waals surface area contributed by atoms with Crippen LogP contribution in [0.3, 0.4) is 0 Å². The summed E-state index contributed by atoms with van der Waals surface area (Å²) in [5.74, 6) is 0. The molecule has 2 rings (SSSR count). The highest BCUT2D eigenvalue weighted by atomic mass is 32.1. The molecule has 1 atom stereocenters. The highest BCUT2D eigenvalue weighted by Gasteiger charge is 2.11. The Labute approximate surface area is 107 Å². The van der Waals surface area contributed by atoms with Crippen LogP contribution in [-0.2, 0) is 0 Å². The first-order valence-electron chi connectivity index (χ1n) is 6.16. The standard InChI is InChI=1S/C15H19NS/c1-4-14(16-5-2)11(3)12-6-7-15-13(10-12)8-9-17-15/h6-10,14,16H,3-5H2,1-2H3. The van der Waals surface area contributed by atoms with Gasteiger partial charge in [-0.05, 0) is 53.1 Å². The van der Waals surface area contributed by atoms with E-state index in [-0.39, 0.29) is 0 Å². The molecule has 0 radical (unpaired) electrons. The molecule has 1 nitrogen and oxygen atoms in total. The second kappa shape index (κ2) is 5.48. The fourth-order valence-electron chi connectivity index (χ4n) is 2.13. The maximum atomic E-state index is 4.25. The summed E-state index contributed by atoms with van der Waals surface area (Å²) in [5, 5.41) is 6.93. The molecule has 0 aliphatic heterocycles. The van der Waals surface area contributed by atoms with E-state index in [1.165, 1.54) is 21.2 Å². The summed E-state index contributed by atoms with van der Waals surface area (Å²) in [4.78, 5) is 0. The zero-order valence-corrected chi connectivity index (χ0v) is 11.3. The van der Waals surface area contributed by atoms with Gasteiger partial charge in [-0.25, -0.2) is 0 Å². The van der Waals surface area contributed by atoms with Gasteiger partial charge >= 0.3 is 0 Å². The van der Waals surface area contributed by atoms with Crippen molar-refractivity contribution in [3.8, 4) is 0 Å². The lowest BCUT2D eigenvalue weighted by molar-refractivity contribution is 0.613. The minimum absolute atomic E-state index is 0.385. The molecule has 1 aromatic heterocycles. The second-order valence-electron chi connectivity index (χ2n) is 4.22. The highest BCUT2D eigenvalue weighted by molar-refractivity contribution is 7.17. The van der Waals surface area contributed by atoms with Gasteiger partial charge in [-0.3, -0.25) is 0 Å². The average Bonchev–Trinajstić information content (AvgIpc) is 2.82. The number of hydrogen-bond donors (Lipinski definition) is 1. The number of hydrogen-bond acceptors (Lipinski definition) is 2. The van der Waals surface area contributed by atoms with Gasteiger partial charge in [0.1, 0.15) is 0 Å². The number of likely N-dealkylation sites (N-methyl/N-ethyl adjacent to an activating group) is 1. The van der Waals surface area contributed by atoms with E-state index in [1.807, 2.05) is 0 Å². The summed E-state index contributed by atoms with van der Waals surface area (Å²) in [5.41, 5.74) is 2.45. The monoisotopic (exact) mass is 245 g/mol. The van der Waals surface area contributed by atoms with Crippen LogP contribution in [0.1, 0.15) is 25.8 Å². The van der Waals surface area contributed by atoms with Crippen LogP contribution in [-0.4, -0.2) is 12.6 Å². The van der Waals surface area contributed by atoms with Crippen LogP contribution < -0.4 is 5.32 Å². The summed E-state index contributed by atoms with van der Waals surface area (Å²) < 4.78 is 1.35. The first-order chi connectivity index (χ1) is 8.26. The van der Waals surface area contributed by atoms with Gasteiger partial charge in [0.2, 0.25) is 0 Å². The molecule has 1 heterocycles. The molecular weight excluding hydrogens is 226 g/mol. The van der Waals surface area contributed by atoms with Crippen LogP contribution in [0.2, 0.25) is 0 Å². The molecular formula is C15H19NS. The Balaban J connectivity index is 2.28. The Morgan fingerprint density at radius 2 is 2.18 bits per heavy atom. The normalized spacial score (nSPS) is 12.8. The van der Waals surface area contributed by atoms with Crippen LogP contribution in [0.4, 0.5) is 0 Å². The topological polar surface area (TPSA) is 12.0 Å². The van der Waals surface area contributed by atoms with Gasteiger partial charge in [0.25, 0.3) is 0 Å². The van der Waals surface area contributed by atoms with E-state index in [9.17, 15) is 0 Å². The first kappa shape index (κ1) is 12.3. The van der Waals surface area contributed by atoms with Crippen molar-refractivity contribution in [2.45, 2.75) is 26.3 Å². The smallest absolute Gasteiger partial charge is 0.0343 e. The molecule has 0 fully saturated rings. The number of nitrogens with one attached hydrogen (secondary N) is 1. The van der Waals surface area contributed by atoms with E-state index < -0.39 is 0 Å². The minimum Gasteiger partial charge on any atom is -0.310 e. The van der Waals surface area contributed by atoms with Crippen molar-refractivity contribution in [3.05, 3.63) is 41.8 Å². The Hall–Kier alpha value is -1.12. The number of rotatable bonds is 5. The van der Waals surface area contributed by atoms with Crippen molar-refractivity contribution in [1.82, 2.24) is 5.32 Å². The van der Waals surface area contributed by atoms with E-state index in [0.29, 0.717) is 6.04 Å². The molecule has 90 valence electrons. The molecule has 1 aromatic carbocycles. The lowest BCUT2D eigenvalue weighted by atomic mass is 9.97. The molecule has 0 aliphatic rings. The number of thiophene rings is 1. The van der Waals surface area contributed by atoms with E-state index in [1.54, 1.807) is 11.3 Å². The van der Waals surface area contributed by atoms with E-state index in [4.69, 9.17) is 0 Å². The lowest BCUT2D eigenvalue weighted by Gasteiger charge is -2.19. The van der Waals surface area contributed by atoms with Gasteiger partial charge in [-0.15, -0.1) is 11.3 Å². The van der Waals surface area contributed by atoms with Gasteiger partial charge < -0.3 is 5.32 Å². The van der Waals surface area contributed by atoms with Crippen molar-refractivity contribution in [2.24, 2.45) is 0 Å². The number of fused-ring (bicyclic) bond motifs is 1. The van der Waals surface area contributed by atoms with Crippen LogP contribution in [0, 0.1) is 0 Å². The molecule has 1 unspecified atom stereocenters. The van der Waals surface area contributed by atoms with Crippen molar-refractivity contribution < 1.29 is 0 Å². The summed E-state index contributed by atoms with van der Waals surface area (Å²) in [6.07, 6.45) is 1.08. The van der Waals surface area contributed by atoms with Gasteiger partial charge in [0.05, 0.1) is 0 Å². The summed E-state index contributed by atoms with van der Waals surface area (Å²) in [6, 6.07) is 9.18. The third-order valence-electron chi connectivity index (χ3n) is 3.10. The molecule has 0 saturated heterocycles. The first-order valence-corrected chi connectivity index (χ1v) is 7.04. The Morgan fingerprint density at radius 1 is 1.35 bits per heavy atom. The summed E-state index contributed by atoms with van der Waals surface area (Å²) >= 11 is 1.79. The van der Waals surface area contributed by atoms with Crippen molar-refractivity contribution in [3.63, 3.8) is 0 Å². The van der Waals surface area contributed by atoms with Crippen LogP contribution in [0.25, 0.3) is 15.7 Å². The van der Waals surface area contributed by atoms with Gasteiger partial charge in [-0.1, -0.05) is 26.5 Å². The molecule has 2 heteroatoms. The minimum atomic E-state index is 0.385. The Morgan fingerprint density at radius 3 is 2.88 bits per heavy atom. The van der Waals surface area contributed by atoms with E-state index in [0.717, 1.165) is 13.0 Å². The van der Waals surface area contributed by atoms with E-state index >= 15 is 0 Å². The molecule has 0 saturated carbocycles. The Kier molecular flexibility index (Phi) is 3.97. The average molecular weight is 245 g/mol. The zero-order chi connectivity index (χ0) is 12.3. The van der Waals surface area contributed by atoms with Gasteiger partial charge in [0.15, 0.2) is 0 Å². The van der Waals surface area contributed by atoms with Crippen molar-refractivity contribution in [1.29, 1.82) is 0 Å². The largest absolute Gasteiger partial charge is 0.310 e. The third kappa shape index (κ3) is 2.59. The third-order valence-corrected chi connectivity index (χ3v) is 4.00. The maximum Gasteiger partial charge on any atom is 0.0343 e. The molecule has 0 bridgehead atoms. The molecule has 1 N–H and O–H groups in total. The SMILES string of the molecule is C=C(c1ccc2sccc2c1)C(CC)NCC. The summed E-state index contributed by atoms with van der Waals surface area (Å²) in [7, 11) is 0. The van der Waals surface area contributed by atoms with E-state index in [2.05, 4.69) is 55.4 Å². The van der Waals surface area contributed by atoms with Crippen LogP contribution >= 0.6 is 11.3 Å².